The first kappa shape index (κ1) is 21.4. The largest absolute Gasteiger partial charge is 0.490 e. The molecule has 0 spiro atoms. The Labute approximate surface area is 168 Å². The number of aromatic nitrogens is 5. The van der Waals surface area contributed by atoms with Crippen LogP contribution in [0, 0.1) is 0 Å². The van der Waals surface area contributed by atoms with Crippen molar-refractivity contribution in [1.82, 2.24) is 30.2 Å². The van der Waals surface area contributed by atoms with Gasteiger partial charge in [0.25, 0.3) is 5.89 Å². The molecule has 0 amide bonds. The zero-order chi connectivity index (χ0) is 21.9. The van der Waals surface area contributed by atoms with Crippen LogP contribution in [0.3, 0.4) is 0 Å². The van der Waals surface area contributed by atoms with Crippen LogP contribution in [-0.2, 0) is 11.3 Å². The van der Waals surface area contributed by atoms with Gasteiger partial charge in [-0.05, 0) is 44.6 Å². The van der Waals surface area contributed by atoms with Crippen molar-refractivity contribution in [3.63, 3.8) is 0 Å². The number of benzene rings is 1. The van der Waals surface area contributed by atoms with Crippen molar-refractivity contribution in [2.24, 2.45) is 0 Å². The summed E-state index contributed by atoms with van der Waals surface area (Å²) in [6.45, 7) is 0.862. The van der Waals surface area contributed by atoms with Crippen molar-refractivity contribution in [1.29, 1.82) is 0 Å². The van der Waals surface area contributed by atoms with Crippen molar-refractivity contribution in [3.05, 3.63) is 35.7 Å². The molecule has 9 nitrogen and oxygen atoms in total. The number of carboxylic acid groups (broad SMARTS) is 1. The summed E-state index contributed by atoms with van der Waals surface area (Å²) in [4.78, 5) is 19.9. The molecule has 160 valence electrons. The maximum absolute atomic E-state index is 10.6. The number of H-pyrrole nitrogens is 1. The highest BCUT2D eigenvalue weighted by Gasteiger charge is 2.38. The summed E-state index contributed by atoms with van der Waals surface area (Å²) in [6, 6.07) is 8.10. The van der Waals surface area contributed by atoms with Crippen molar-refractivity contribution >= 4 is 5.97 Å². The number of halogens is 3. The number of hydrogen-bond acceptors (Lipinski definition) is 7. The molecule has 0 aliphatic heterocycles. The third-order valence-electron chi connectivity index (χ3n) is 4.01. The molecule has 2 aromatic heterocycles. The molecule has 1 aliphatic rings. The number of hydrogen-bond donors (Lipinski definition) is 2. The first-order valence-electron chi connectivity index (χ1n) is 8.94. The lowest BCUT2D eigenvalue weighted by Crippen LogP contribution is -2.21. The van der Waals surface area contributed by atoms with Crippen LogP contribution in [0.2, 0.25) is 0 Å². The number of aliphatic carboxylic acids is 1. The minimum absolute atomic E-state index is 0.418. The van der Waals surface area contributed by atoms with Crippen LogP contribution in [0.1, 0.15) is 30.1 Å². The molecule has 1 saturated carbocycles. The van der Waals surface area contributed by atoms with Crippen LogP contribution in [-0.4, -0.2) is 61.6 Å². The lowest BCUT2D eigenvalue weighted by atomic mass is 10.1. The van der Waals surface area contributed by atoms with Crippen molar-refractivity contribution in [2.75, 3.05) is 14.1 Å². The monoisotopic (exact) mass is 424 g/mol. The highest BCUT2D eigenvalue weighted by atomic mass is 19.4. The molecule has 0 radical (unpaired) electrons. The van der Waals surface area contributed by atoms with E-state index in [1.807, 2.05) is 26.2 Å². The van der Waals surface area contributed by atoms with E-state index < -0.39 is 12.1 Å². The average molecular weight is 424 g/mol. The zero-order valence-electron chi connectivity index (χ0n) is 16.1. The third kappa shape index (κ3) is 5.63. The predicted octanol–water partition coefficient (Wildman–Crippen LogP) is 3.09. The SMILES string of the molecule is CN(C)Cc1cccc(-c2nc(-c3n[nH]c(C4CC4)n3)no2)c1.O=C(O)C(F)(F)F. The summed E-state index contributed by atoms with van der Waals surface area (Å²) in [5, 5.41) is 18.3. The maximum atomic E-state index is 10.6. The molecule has 1 aliphatic carbocycles. The molecule has 0 unspecified atom stereocenters. The molecule has 0 saturated heterocycles. The Kier molecular flexibility index (Phi) is 6.15. The fraction of sp³-hybridized carbons (Fsp3) is 0.389. The van der Waals surface area contributed by atoms with E-state index in [4.69, 9.17) is 14.4 Å². The van der Waals surface area contributed by atoms with E-state index in [2.05, 4.69) is 42.4 Å². The van der Waals surface area contributed by atoms with Crippen LogP contribution in [0.5, 0.6) is 0 Å². The van der Waals surface area contributed by atoms with Crippen LogP contribution >= 0.6 is 0 Å². The molecule has 1 aromatic carbocycles. The number of carboxylic acids is 1. The lowest BCUT2D eigenvalue weighted by molar-refractivity contribution is -0.192. The Hall–Kier alpha value is -3.28. The van der Waals surface area contributed by atoms with Gasteiger partial charge in [-0.1, -0.05) is 17.3 Å². The maximum Gasteiger partial charge on any atom is 0.490 e. The van der Waals surface area contributed by atoms with Crippen molar-refractivity contribution in [3.8, 4) is 23.1 Å². The molecule has 12 heteroatoms. The van der Waals surface area contributed by atoms with E-state index in [-0.39, 0.29) is 0 Å². The van der Waals surface area contributed by atoms with Crippen LogP contribution in [0.4, 0.5) is 13.2 Å². The summed E-state index contributed by atoms with van der Waals surface area (Å²) < 4.78 is 37.1. The van der Waals surface area contributed by atoms with Gasteiger partial charge in [0, 0.05) is 18.0 Å². The average Bonchev–Trinajstić information content (AvgIpc) is 3.19. The number of alkyl halides is 3. The second-order valence-electron chi connectivity index (χ2n) is 6.98. The van der Waals surface area contributed by atoms with Crippen LogP contribution in [0.25, 0.3) is 23.1 Å². The standard InChI is InChI=1S/C16H18N6O.C2HF3O2/c1-22(2)9-10-4-3-5-12(8-10)16-18-15(21-23-16)14-17-13(19-20-14)11-6-7-11;3-2(4,5)1(6)7/h3-5,8,11H,6-7,9H2,1-2H3,(H,17,19,20);(H,6,7). The van der Waals surface area contributed by atoms with Crippen molar-refractivity contribution < 1.29 is 27.6 Å². The highest BCUT2D eigenvalue weighted by Crippen LogP contribution is 2.38. The highest BCUT2D eigenvalue weighted by molar-refractivity contribution is 5.73. The van der Waals surface area contributed by atoms with Gasteiger partial charge in [0.05, 0.1) is 0 Å². The summed E-state index contributed by atoms with van der Waals surface area (Å²) in [5.41, 5.74) is 2.10. The van der Waals surface area contributed by atoms with E-state index in [1.54, 1.807) is 0 Å². The molecule has 2 N–H and O–H groups in total. The quantitative estimate of drug-likeness (QED) is 0.641. The van der Waals surface area contributed by atoms with E-state index >= 15 is 0 Å². The number of nitrogens with zero attached hydrogens (tertiary/aromatic N) is 5. The second-order valence-corrected chi connectivity index (χ2v) is 6.98. The molecule has 0 atom stereocenters. The minimum Gasteiger partial charge on any atom is -0.475 e. The summed E-state index contributed by atoms with van der Waals surface area (Å²) >= 11 is 0. The smallest absolute Gasteiger partial charge is 0.475 e. The molecular weight excluding hydrogens is 405 g/mol. The molecule has 1 fully saturated rings. The van der Waals surface area contributed by atoms with E-state index in [0.717, 1.165) is 17.9 Å². The summed E-state index contributed by atoms with van der Waals surface area (Å²) in [6.07, 6.45) is -2.74. The molecule has 0 bridgehead atoms. The van der Waals surface area contributed by atoms with Gasteiger partial charge >= 0.3 is 12.1 Å². The van der Waals surface area contributed by atoms with Gasteiger partial charge in [0.1, 0.15) is 5.82 Å². The van der Waals surface area contributed by atoms with Crippen LogP contribution in [0.15, 0.2) is 28.8 Å². The Balaban J connectivity index is 0.000000318. The first-order valence-corrected chi connectivity index (χ1v) is 8.94. The van der Waals surface area contributed by atoms with Crippen LogP contribution < -0.4 is 0 Å². The van der Waals surface area contributed by atoms with E-state index in [9.17, 15) is 13.2 Å². The Bertz CT molecular complexity index is 1010. The topological polar surface area (TPSA) is 121 Å². The first-order chi connectivity index (χ1) is 14.1. The third-order valence-corrected chi connectivity index (χ3v) is 4.01. The summed E-state index contributed by atoms with van der Waals surface area (Å²) in [7, 11) is 4.08. The number of nitrogens with one attached hydrogen (secondary N) is 1. The second kappa shape index (κ2) is 8.61. The summed E-state index contributed by atoms with van der Waals surface area (Å²) in [5.74, 6) is 0.0723. The molecule has 30 heavy (non-hydrogen) atoms. The molecule has 2 heterocycles. The lowest BCUT2D eigenvalue weighted by Gasteiger charge is -2.09. The number of carbonyl (C=O) groups is 1. The molecule has 4 rings (SSSR count). The van der Waals surface area contributed by atoms with Gasteiger partial charge in [-0.25, -0.2) is 9.78 Å². The normalized spacial score (nSPS) is 13.8. The zero-order valence-corrected chi connectivity index (χ0v) is 16.1. The number of rotatable bonds is 5. The van der Waals surface area contributed by atoms with Gasteiger partial charge in [0.15, 0.2) is 0 Å². The Morgan fingerprint density at radius 3 is 2.57 bits per heavy atom. The number of aromatic amines is 1. The van der Waals surface area contributed by atoms with Gasteiger partial charge in [0.2, 0.25) is 11.6 Å². The molecular formula is C18H19F3N6O3. The van der Waals surface area contributed by atoms with Crippen molar-refractivity contribution in [2.45, 2.75) is 31.5 Å². The van der Waals surface area contributed by atoms with Gasteiger partial charge < -0.3 is 14.5 Å². The molecule has 3 aromatic rings. The minimum atomic E-state index is -5.08. The fourth-order valence-electron chi connectivity index (χ4n) is 2.51. The fourth-order valence-corrected chi connectivity index (χ4v) is 2.51. The van der Waals surface area contributed by atoms with Gasteiger partial charge in [-0.2, -0.15) is 18.2 Å². The van der Waals surface area contributed by atoms with E-state index in [0.29, 0.717) is 23.5 Å². The van der Waals surface area contributed by atoms with Gasteiger partial charge in [-0.3, -0.25) is 5.10 Å². The van der Waals surface area contributed by atoms with Gasteiger partial charge in [-0.15, -0.1) is 5.10 Å². The van der Waals surface area contributed by atoms with E-state index in [1.165, 1.54) is 18.4 Å². The predicted molar refractivity (Wildman–Crippen MR) is 98.2 cm³/mol. The Morgan fingerprint density at radius 1 is 1.27 bits per heavy atom. The Morgan fingerprint density at radius 2 is 1.97 bits per heavy atom.